The number of benzene rings is 1. The molecular formula is C21H25N5O5S2. The molecule has 2 amide bonds. The highest BCUT2D eigenvalue weighted by Gasteiger charge is 2.21. The van der Waals surface area contributed by atoms with Gasteiger partial charge in [-0.25, -0.2) is 32.7 Å². The number of rotatable bonds is 9. The SMILES string of the molecule is CCCCNC(=O)NS(=O)(=O)c1ccc(Nc2ncnc3sc(C(=O)OCC)c(C)c23)cc1. The van der Waals surface area contributed by atoms with Crippen LogP contribution in [0.5, 0.6) is 0 Å². The zero-order valence-corrected chi connectivity index (χ0v) is 20.1. The molecule has 3 N–H and O–H groups in total. The number of carbonyl (C=O) groups is 2. The second-order valence-electron chi connectivity index (χ2n) is 7.04. The molecule has 10 nitrogen and oxygen atoms in total. The Kier molecular flexibility index (Phi) is 7.82. The van der Waals surface area contributed by atoms with E-state index in [0.29, 0.717) is 38.7 Å². The maximum Gasteiger partial charge on any atom is 0.348 e. The number of nitrogens with zero attached hydrogens (tertiary/aromatic N) is 2. The zero-order chi connectivity index (χ0) is 24.0. The van der Waals surface area contributed by atoms with Crippen molar-refractivity contribution >= 4 is 55.1 Å². The number of unbranched alkanes of at least 4 members (excludes halogenated alkanes) is 1. The van der Waals surface area contributed by atoms with Crippen LogP contribution in [0.25, 0.3) is 10.2 Å². The third kappa shape index (κ3) is 5.76. The van der Waals surface area contributed by atoms with Gasteiger partial charge in [-0.2, -0.15) is 0 Å². The average Bonchev–Trinajstić information content (AvgIpc) is 3.12. The van der Waals surface area contributed by atoms with Crippen molar-refractivity contribution in [2.75, 3.05) is 18.5 Å². The van der Waals surface area contributed by atoms with Crippen LogP contribution in [-0.2, 0) is 14.8 Å². The molecule has 1 aromatic carbocycles. The molecule has 2 aromatic heterocycles. The van der Waals surface area contributed by atoms with Gasteiger partial charge in [-0.15, -0.1) is 11.3 Å². The second-order valence-corrected chi connectivity index (χ2v) is 9.72. The van der Waals surface area contributed by atoms with E-state index in [1.165, 1.54) is 29.8 Å². The first-order chi connectivity index (χ1) is 15.8. The highest BCUT2D eigenvalue weighted by Crippen LogP contribution is 2.34. The number of aromatic nitrogens is 2. The maximum absolute atomic E-state index is 12.4. The van der Waals surface area contributed by atoms with Crippen LogP contribution in [0.15, 0.2) is 35.5 Å². The van der Waals surface area contributed by atoms with E-state index in [-0.39, 0.29) is 11.5 Å². The van der Waals surface area contributed by atoms with Gasteiger partial charge in [-0.1, -0.05) is 13.3 Å². The van der Waals surface area contributed by atoms with Gasteiger partial charge in [0.05, 0.1) is 16.9 Å². The first-order valence-electron chi connectivity index (χ1n) is 10.4. The molecule has 33 heavy (non-hydrogen) atoms. The molecule has 3 aromatic rings. The molecule has 0 saturated carbocycles. The Morgan fingerprint density at radius 2 is 1.85 bits per heavy atom. The number of esters is 1. The largest absolute Gasteiger partial charge is 0.462 e. The van der Waals surface area contributed by atoms with Crippen molar-refractivity contribution in [3.8, 4) is 0 Å². The van der Waals surface area contributed by atoms with Crippen LogP contribution in [0, 0.1) is 6.92 Å². The van der Waals surface area contributed by atoms with E-state index in [9.17, 15) is 18.0 Å². The molecule has 2 heterocycles. The fourth-order valence-corrected chi connectivity index (χ4v) is 4.98. The van der Waals surface area contributed by atoms with Gasteiger partial charge >= 0.3 is 12.0 Å². The highest BCUT2D eigenvalue weighted by atomic mass is 32.2. The molecule has 0 unspecified atom stereocenters. The minimum absolute atomic E-state index is 0.0529. The molecule has 176 valence electrons. The molecule has 0 aliphatic carbocycles. The van der Waals surface area contributed by atoms with Gasteiger partial charge in [0, 0.05) is 12.2 Å². The minimum atomic E-state index is -4.00. The highest BCUT2D eigenvalue weighted by molar-refractivity contribution is 7.90. The van der Waals surface area contributed by atoms with Crippen LogP contribution < -0.4 is 15.4 Å². The Bertz CT molecular complexity index is 1260. The summed E-state index contributed by atoms with van der Waals surface area (Å²) in [6.07, 6.45) is 3.03. The summed E-state index contributed by atoms with van der Waals surface area (Å²) in [5.41, 5.74) is 1.28. The molecule has 0 saturated heterocycles. The lowest BCUT2D eigenvalue weighted by atomic mass is 10.2. The summed E-state index contributed by atoms with van der Waals surface area (Å²) in [5, 5.41) is 6.33. The number of nitrogens with one attached hydrogen (secondary N) is 3. The van der Waals surface area contributed by atoms with Crippen LogP contribution in [-0.4, -0.2) is 43.5 Å². The van der Waals surface area contributed by atoms with E-state index in [1.54, 1.807) is 26.0 Å². The normalized spacial score (nSPS) is 11.2. The zero-order valence-electron chi connectivity index (χ0n) is 18.5. The van der Waals surface area contributed by atoms with Gasteiger partial charge in [0.25, 0.3) is 10.0 Å². The Morgan fingerprint density at radius 3 is 2.52 bits per heavy atom. The Hall–Kier alpha value is -3.25. The van der Waals surface area contributed by atoms with Crippen molar-refractivity contribution < 1.29 is 22.7 Å². The minimum Gasteiger partial charge on any atom is -0.462 e. The predicted molar refractivity (Wildman–Crippen MR) is 126 cm³/mol. The van der Waals surface area contributed by atoms with Crippen molar-refractivity contribution in [3.63, 3.8) is 0 Å². The number of carbonyl (C=O) groups excluding carboxylic acids is 2. The summed E-state index contributed by atoms with van der Waals surface area (Å²) in [5.74, 6) is 0.0677. The molecule has 0 aliphatic heterocycles. The summed E-state index contributed by atoms with van der Waals surface area (Å²) in [4.78, 5) is 33.6. The lowest BCUT2D eigenvalue weighted by Crippen LogP contribution is -2.39. The lowest BCUT2D eigenvalue weighted by molar-refractivity contribution is 0.0531. The van der Waals surface area contributed by atoms with E-state index < -0.39 is 22.0 Å². The maximum atomic E-state index is 12.4. The van der Waals surface area contributed by atoms with Crippen LogP contribution in [0.1, 0.15) is 41.9 Å². The van der Waals surface area contributed by atoms with E-state index in [0.717, 1.165) is 12.8 Å². The van der Waals surface area contributed by atoms with Gasteiger partial charge < -0.3 is 15.4 Å². The van der Waals surface area contributed by atoms with Crippen LogP contribution in [0.2, 0.25) is 0 Å². The molecule has 0 spiro atoms. The van der Waals surface area contributed by atoms with Crippen molar-refractivity contribution in [2.45, 2.75) is 38.5 Å². The average molecular weight is 492 g/mol. The molecule has 0 aliphatic rings. The summed E-state index contributed by atoms with van der Waals surface area (Å²) >= 11 is 1.22. The third-order valence-electron chi connectivity index (χ3n) is 4.66. The number of fused-ring (bicyclic) bond motifs is 1. The molecule has 0 atom stereocenters. The van der Waals surface area contributed by atoms with Crippen molar-refractivity contribution in [3.05, 3.63) is 41.0 Å². The number of hydrogen-bond donors (Lipinski definition) is 3. The number of anilines is 2. The number of amides is 2. The van der Waals surface area contributed by atoms with Crippen LogP contribution in [0.3, 0.4) is 0 Å². The summed E-state index contributed by atoms with van der Waals surface area (Å²) in [6, 6.07) is 5.12. The first-order valence-corrected chi connectivity index (χ1v) is 12.7. The van der Waals surface area contributed by atoms with E-state index in [4.69, 9.17) is 4.74 Å². The van der Waals surface area contributed by atoms with Gasteiger partial charge in [0.1, 0.15) is 21.9 Å². The molecule has 0 fully saturated rings. The quantitative estimate of drug-likeness (QED) is 0.304. The first kappa shape index (κ1) is 24.4. The smallest absolute Gasteiger partial charge is 0.348 e. The summed E-state index contributed by atoms with van der Waals surface area (Å²) in [7, 11) is -4.00. The number of sulfonamides is 1. The van der Waals surface area contributed by atoms with E-state index >= 15 is 0 Å². The standard InChI is InChI=1S/C21H25N5O5S2/c1-4-6-11-22-21(28)26-33(29,30)15-9-7-14(8-10-15)25-18-16-13(3)17(20(27)31-5-2)32-19(16)24-12-23-18/h7-10,12H,4-6,11H2,1-3H3,(H2,22,26,28)(H,23,24,25). The Labute approximate surface area is 195 Å². The van der Waals surface area contributed by atoms with E-state index in [2.05, 4.69) is 20.6 Å². The summed E-state index contributed by atoms with van der Waals surface area (Å²) < 4.78 is 32.0. The molecule has 0 bridgehead atoms. The third-order valence-corrected chi connectivity index (χ3v) is 7.18. The Morgan fingerprint density at radius 1 is 1.12 bits per heavy atom. The lowest BCUT2D eigenvalue weighted by Gasteiger charge is -2.10. The van der Waals surface area contributed by atoms with Crippen molar-refractivity contribution in [2.24, 2.45) is 0 Å². The number of hydrogen-bond acceptors (Lipinski definition) is 9. The number of aryl methyl sites for hydroxylation is 1. The Balaban J connectivity index is 1.78. The number of thiophene rings is 1. The number of ether oxygens (including phenoxy) is 1. The predicted octanol–water partition coefficient (Wildman–Crippen LogP) is 3.71. The van der Waals surface area contributed by atoms with E-state index in [1.807, 2.05) is 11.6 Å². The number of urea groups is 1. The van der Waals surface area contributed by atoms with Crippen molar-refractivity contribution in [1.82, 2.24) is 20.0 Å². The topological polar surface area (TPSA) is 139 Å². The summed E-state index contributed by atoms with van der Waals surface area (Å²) in [6.45, 7) is 6.18. The van der Waals surface area contributed by atoms with Gasteiger partial charge in [-0.3, -0.25) is 0 Å². The monoisotopic (exact) mass is 491 g/mol. The second kappa shape index (κ2) is 10.6. The molecule has 0 radical (unpaired) electrons. The fourth-order valence-electron chi connectivity index (χ4n) is 3.01. The van der Waals surface area contributed by atoms with Gasteiger partial charge in [0.15, 0.2) is 0 Å². The van der Waals surface area contributed by atoms with Crippen LogP contribution >= 0.6 is 11.3 Å². The van der Waals surface area contributed by atoms with Gasteiger partial charge in [-0.05, 0) is 50.1 Å². The molecule has 12 heteroatoms. The van der Waals surface area contributed by atoms with Gasteiger partial charge in [0.2, 0.25) is 0 Å². The van der Waals surface area contributed by atoms with Crippen LogP contribution in [0.4, 0.5) is 16.3 Å². The molecule has 3 rings (SSSR count). The molecular weight excluding hydrogens is 466 g/mol. The fraction of sp³-hybridized carbons (Fsp3) is 0.333. The van der Waals surface area contributed by atoms with Crippen molar-refractivity contribution in [1.29, 1.82) is 0 Å².